The van der Waals surface area contributed by atoms with E-state index >= 15 is 0 Å². The quantitative estimate of drug-likeness (QED) is 0.249. The Hall–Kier alpha value is -4.20. The van der Waals surface area contributed by atoms with Crippen molar-refractivity contribution in [1.29, 1.82) is 0 Å². The van der Waals surface area contributed by atoms with Crippen LogP contribution in [0, 0.1) is 30.9 Å². The molecule has 8 nitrogen and oxygen atoms in total. The molecule has 32 heavy (non-hydrogen) atoms. The van der Waals surface area contributed by atoms with Crippen LogP contribution in [0.4, 0.5) is 11.4 Å². The lowest BCUT2D eigenvalue weighted by atomic mass is 10.1. The summed E-state index contributed by atoms with van der Waals surface area (Å²) < 4.78 is 10.6. The summed E-state index contributed by atoms with van der Waals surface area (Å²) in [5.74, 6) is -0.327. The van der Waals surface area contributed by atoms with Crippen molar-refractivity contribution in [1.82, 2.24) is 0 Å². The number of rotatable bonds is 7. The summed E-state index contributed by atoms with van der Waals surface area (Å²) in [5, 5.41) is 13.7. The second-order valence-electron chi connectivity index (χ2n) is 7.27. The third-order valence-electron chi connectivity index (χ3n) is 4.71. The van der Waals surface area contributed by atoms with Crippen molar-refractivity contribution < 1.29 is 24.0 Å². The Labute approximate surface area is 184 Å². The van der Waals surface area contributed by atoms with Gasteiger partial charge in [-0.15, -0.1) is 0 Å². The highest BCUT2D eigenvalue weighted by molar-refractivity contribution is 6.04. The SMILES string of the molecule is Cc1ccc(C)c(NC(=O)c2ccc(OC(=O)COc3ccc([N+](=O)[O-])c(C)c3)cc2)c1. The van der Waals surface area contributed by atoms with Gasteiger partial charge in [0.15, 0.2) is 6.61 Å². The maximum atomic E-state index is 12.5. The minimum Gasteiger partial charge on any atom is -0.482 e. The number of carbonyl (C=O) groups excluding carboxylic acids is 2. The highest BCUT2D eigenvalue weighted by Gasteiger charge is 2.13. The molecule has 0 radical (unpaired) electrons. The lowest BCUT2D eigenvalue weighted by Gasteiger charge is -2.10. The first-order valence-electron chi connectivity index (χ1n) is 9.80. The molecular weight excluding hydrogens is 412 g/mol. The fourth-order valence-electron chi connectivity index (χ4n) is 2.97. The van der Waals surface area contributed by atoms with Gasteiger partial charge < -0.3 is 14.8 Å². The number of nitrogens with zero attached hydrogens (tertiary/aromatic N) is 1. The van der Waals surface area contributed by atoms with E-state index in [-0.39, 0.29) is 24.0 Å². The van der Waals surface area contributed by atoms with E-state index in [4.69, 9.17) is 9.47 Å². The van der Waals surface area contributed by atoms with Crippen LogP contribution in [-0.2, 0) is 4.79 Å². The Bertz CT molecular complexity index is 1170. The maximum absolute atomic E-state index is 12.5. The molecule has 1 N–H and O–H groups in total. The Morgan fingerprint density at radius 1 is 0.906 bits per heavy atom. The first-order chi connectivity index (χ1) is 15.2. The number of hydrogen-bond acceptors (Lipinski definition) is 6. The second-order valence-corrected chi connectivity index (χ2v) is 7.27. The molecule has 164 valence electrons. The van der Waals surface area contributed by atoms with Crippen LogP contribution in [0.1, 0.15) is 27.0 Å². The lowest BCUT2D eigenvalue weighted by Crippen LogP contribution is -2.18. The predicted octanol–water partition coefficient (Wildman–Crippen LogP) is 4.76. The molecule has 0 bridgehead atoms. The van der Waals surface area contributed by atoms with Crippen LogP contribution in [0.3, 0.4) is 0 Å². The minimum absolute atomic E-state index is 0.0263. The van der Waals surface area contributed by atoms with Gasteiger partial charge in [0.2, 0.25) is 0 Å². The van der Waals surface area contributed by atoms with Crippen molar-refractivity contribution in [3.05, 3.63) is 93.0 Å². The van der Waals surface area contributed by atoms with E-state index in [1.54, 1.807) is 19.1 Å². The molecule has 1 amide bonds. The van der Waals surface area contributed by atoms with Crippen LogP contribution in [-0.4, -0.2) is 23.4 Å². The molecule has 0 unspecified atom stereocenters. The van der Waals surface area contributed by atoms with Gasteiger partial charge in [-0.2, -0.15) is 0 Å². The molecule has 3 rings (SSSR count). The van der Waals surface area contributed by atoms with E-state index in [9.17, 15) is 19.7 Å². The average Bonchev–Trinajstić information content (AvgIpc) is 2.75. The average molecular weight is 434 g/mol. The van der Waals surface area contributed by atoms with Gasteiger partial charge in [0.1, 0.15) is 11.5 Å². The highest BCUT2D eigenvalue weighted by Crippen LogP contribution is 2.23. The van der Waals surface area contributed by atoms with Gasteiger partial charge in [0, 0.05) is 22.9 Å². The van der Waals surface area contributed by atoms with Crippen molar-refractivity contribution in [3.8, 4) is 11.5 Å². The number of nitro benzene ring substituents is 1. The van der Waals surface area contributed by atoms with Crippen LogP contribution in [0.15, 0.2) is 60.7 Å². The number of hydrogen-bond donors (Lipinski definition) is 1. The summed E-state index contributed by atoms with van der Waals surface area (Å²) in [6, 6.07) is 16.2. The lowest BCUT2D eigenvalue weighted by molar-refractivity contribution is -0.385. The number of aryl methyl sites for hydroxylation is 3. The molecule has 0 atom stereocenters. The third kappa shape index (κ3) is 5.69. The van der Waals surface area contributed by atoms with E-state index in [0.29, 0.717) is 16.9 Å². The molecule has 0 aliphatic rings. The smallest absolute Gasteiger partial charge is 0.349 e. The molecular formula is C24H22N2O6. The van der Waals surface area contributed by atoms with Crippen molar-refractivity contribution in [2.24, 2.45) is 0 Å². The van der Waals surface area contributed by atoms with Gasteiger partial charge in [0.25, 0.3) is 11.6 Å². The first kappa shape index (κ1) is 22.5. The third-order valence-corrected chi connectivity index (χ3v) is 4.71. The van der Waals surface area contributed by atoms with Crippen molar-refractivity contribution >= 4 is 23.3 Å². The standard InChI is InChI=1S/C24H22N2O6/c1-15-4-5-16(2)21(12-15)25-24(28)18-6-8-19(9-7-18)32-23(27)14-31-20-10-11-22(26(29)30)17(3)13-20/h4-13H,14H2,1-3H3,(H,25,28). The Kier molecular flexibility index (Phi) is 6.84. The molecule has 0 aromatic heterocycles. The zero-order chi connectivity index (χ0) is 23.3. The van der Waals surface area contributed by atoms with Crippen molar-refractivity contribution in [2.45, 2.75) is 20.8 Å². The Morgan fingerprint density at radius 3 is 2.25 bits per heavy atom. The van der Waals surface area contributed by atoms with Crippen LogP contribution >= 0.6 is 0 Å². The number of nitro groups is 1. The van der Waals surface area contributed by atoms with Crippen LogP contribution in [0.25, 0.3) is 0 Å². The molecule has 8 heteroatoms. The van der Waals surface area contributed by atoms with Gasteiger partial charge in [-0.05, 0) is 74.4 Å². The zero-order valence-electron chi connectivity index (χ0n) is 17.9. The summed E-state index contributed by atoms with van der Waals surface area (Å²) in [7, 11) is 0. The fraction of sp³-hybridized carbons (Fsp3) is 0.167. The molecule has 3 aromatic carbocycles. The highest BCUT2D eigenvalue weighted by atomic mass is 16.6. The van der Waals surface area contributed by atoms with E-state index < -0.39 is 10.9 Å². The second kappa shape index (κ2) is 9.74. The van der Waals surface area contributed by atoms with Crippen LogP contribution in [0.5, 0.6) is 11.5 Å². The number of carbonyl (C=O) groups is 2. The predicted molar refractivity (Wildman–Crippen MR) is 119 cm³/mol. The molecule has 0 fully saturated rings. The van der Waals surface area contributed by atoms with Crippen LogP contribution in [0.2, 0.25) is 0 Å². The van der Waals surface area contributed by atoms with E-state index in [1.165, 1.54) is 30.3 Å². The van der Waals surface area contributed by atoms with E-state index in [0.717, 1.165) is 16.8 Å². The number of ether oxygens (including phenoxy) is 2. The zero-order valence-corrected chi connectivity index (χ0v) is 17.9. The molecule has 3 aromatic rings. The van der Waals surface area contributed by atoms with Crippen molar-refractivity contribution in [3.63, 3.8) is 0 Å². The molecule has 0 spiro atoms. The summed E-state index contributed by atoms with van der Waals surface area (Å²) >= 11 is 0. The summed E-state index contributed by atoms with van der Waals surface area (Å²) in [5.41, 5.74) is 3.56. The molecule has 0 saturated carbocycles. The monoisotopic (exact) mass is 434 g/mol. The van der Waals surface area contributed by atoms with Gasteiger partial charge in [0.05, 0.1) is 4.92 Å². The number of amides is 1. The molecule has 0 heterocycles. The first-order valence-corrected chi connectivity index (χ1v) is 9.80. The maximum Gasteiger partial charge on any atom is 0.349 e. The number of nitrogens with one attached hydrogen (secondary N) is 1. The Morgan fingerprint density at radius 2 is 1.59 bits per heavy atom. The Balaban J connectivity index is 1.55. The molecule has 0 aliphatic heterocycles. The largest absolute Gasteiger partial charge is 0.482 e. The number of esters is 1. The number of anilines is 1. The van der Waals surface area contributed by atoms with Gasteiger partial charge >= 0.3 is 5.97 Å². The normalized spacial score (nSPS) is 10.3. The number of benzene rings is 3. The summed E-state index contributed by atoms with van der Waals surface area (Å²) in [6.45, 7) is 5.08. The molecule has 0 aliphatic carbocycles. The minimum atomic E-state index is -0.645. The fourth-order valence-corrected chi connectivity index (χ4v) is 2.97. The van der Waals surface area contributed by atoms with Gasteiger partial charge in [-0.25, -0.2) is 4.79 Å². The van der Waals surface area contributed by atoms with E-state index in [1.807, 2.05) is 32.0 Å². The van der Waals surface area contributed by atoms with Crippen LogP contribution < -0.4 is 14.8 Å². The summed E-state index contributed by atoms with van der Waals surface area (Å²) in [6.07, 6.45) is 0. The van der Waals surface area contributed by atoms with Gasteiger partial charge in [-0.1, -0.05) is 12.1 Å². The topological polar surface area (TPSA) is 108 Å². The van der Waals surface area contributed by atoms with E-state index in [2.05, 4.69) is 5.32 Å². The van der Waals surface area contributed by atoms with Gasteiger partial charge in [-0.3, -0.25) is 14.9 Å². The summed E-state index contributed by atoms with van der Waals surface area (Å²) in [4.78, 5) is 34.9. The molecule has 0 saturated heterocycles. The van der Waals surface area contributed by atoms with Crippen molar-refractivity contribution in [2.75, 3.05) is 11.9 Å².